The first-order valence-corrected chi connectivity index (χ1v) is 11.4. The van der Waals surface area contributed by atoms with E-state index in [9.17, 15) is 5.11 Å². The molecule has 2 aliphatic rings. The summed E-state index contributed by atoms with van der Waals surface area (Å²) in [4.78, 5) is 6.64. The summed E-state index contributed by atoms with van der Waals surface area (Å²) in [5.74, 6) is 0. The molecule has 0 amide bonds. The lowest BCUT2D eigenvalue weighted by Crippen LogP contribution is -2.49. The van der Waals surface area contributed by atoms with Crippen LogP contribution in [-0.2, 0) is 28.1 Å². The van der Waals surface area contributed by atoms with Crippen molar-refractivity contribution in [3.8, 4) is 0 Å². The van der Waals surface area contributed by atoms with Gasteiger partial charge < -0.3 is 19.5 Å². The third kappa shape index (κ3) is 4.78. The van der Waals surface area contributed by atoms with Gasteiger partial charge in [0.05, 0.1) is 12.2 Å². The van der Waals surface area contributed by atoms with Crippen molar-refractivity contribution in [1.82, 2.24) is 4.90 Å². The molecule has 2 aliphatic heterocycles. The predicted octanol–water partition coefficient (Wildman–Crippen LogP) is 4.63. The molecule has 0 aliphatic carbocycles. The number of rotatable bonds is 5. The molecule has 5 heteroatoms. The molecule has 0 aromatic heterocycles. The van der Waals surface area contributed by atoms with Gasteiger partial charge in [0.25, 0.3) is 6.02 Å². The molecule has 4 rings (SSSR count). The Morgan fingerprint density at radius 1 is 1.16 bits per heavy atom. The topological polar surface area (TPSA) is 54.3 Å². The molecule has 1 saturated heterocycles. The van der Waals surface area contributed by atoms with Gasteiger partial charge in [0.15, 0.2) is 0 Å². The Bertz CT molecular complexity index is 904. The largest absolute Gasteiger partial charge is 0.458 e. The highest BCUT2D eigenvalue weighted by Gasteiger charge is 2.43. The van der Waals surface area contributed by atoms with Crippen molar-refractivity contribution in [3.05, 3.63) is 71.3 Å². The van der Waals surface area contributed by atoms with Gasteiger partial charge in [-0.1, -0.05) is 61.5 Å². The van der Waals surface area contributed by atoms with Crippen LogP contribution in [0.4, 0.5) is 0 Å². The Kier molecular flexibility index (Phi) is 6.35. The summed E-state index contributed by atoms with van der Waals surface area (Å²) < 4.78 is 12.8. The summed E-state index contributed by atoms with van der Waals surface area (Å²) in [5, 5.41) is 10.0. The lowest BCUT2D eigenvalue weighted by atomic mass is 9.84. The Labute approximate surface area is 185 Å². The molecule has 1 N–H and O–H groups in total. The SMILES string of the molecule is CCC(C)(Cc1ccccc1)OC(=NC(C)O)N1CCC2(CC1)OCc1ccccc12. The van der Waals surface area contributed by atoms with Crippen LogP contribution in [0.25, 0.3) is 0 Å². The molecule has 2 aromatic rings. The predicted molar refractivity (Wildman–Crippen MR) is 123 cm³/mol. The first-order valence-electron chi connectivity index (χ1n) is 11.4. The fourth-order valence-corrected chi connectivity index (χ4v) is 4.67. The van der Waals surface area contributed by atoms with Crippen LogP contribution >= 0.6 is 0 Å². The van der Waals surface area contributed by atoms with Gasteiger partial charge in [0.2, 0.25) is 0 Å². The number of aliphatic imine (C=N–C) groups is 1. The van der Waals surface area contributed by atoms with E-state index in [2.05, 4.69) is 72.3 Å². The molecule has 0 bridgehead atoms. The van der Waals surface area contributed by atoms with E-state index < -0.39 is 11.8 Å². The van der Waals surface area contributed by atoms with E-state index in [0.29, 0.717) is 12.6 Å². The van der Waals surface area contributed by atoms with Crippen LogP contribution in [0.1, 0.15) is 56.7 Å². The fraction of sp³-hybridized carbons (Fsp3) is 0.500. The van der Waals surface area contributed by atoms with Gasteiger partial charge in [-0.15, -0.1) is 0 Å². The Balaban J connectivity index is 1.49. The lowest BCUT2D eigenvalue weighted by molar-refractivity contribution is -0.0754. The molecule has 2 aromatic carbocycles. The van der Waals surface area contributed by atoms with E-state index >= 15 is 0 Å². The van der Waals surface area contributed by atoms with Crippen LogP contribution in [0.3, 0.4) is 0 Å². The number of benzene rings is 2. The zero-order valence-electron chi connectivity index (χ0n) is 18.9. The van der Waals surface area contributed by atoms with Crippen molar-refractivity contribution in [2.24, 2.45) is 4.99 Å². The monoisotopic (exact) mass is 422 g/mol. The van der Waals surface area contributed by atoms with Crippen molar-refractivity contribution in [2.75, 3.05) is 13.1 Å². The second kappa shape index (κ2) is 9.01. The smallest absolute Gasteiger partial charge is 0.290 e. The minimum absolute atomic E-state index is 0.207. The number of hydrogen-bond acceptors (Lipinski definition) is 4. The highest BCUT2D eigenvalue weighted by Crippen LogP contribution is 2.44. The summed E-state index contributed by atoms with van der Waals surface area (Å²) in [5.41, 5.74) is 3.25. The second-order valence-corrected chi connectivity index (χ2v) is 9.04. The van der Waals surface area contributed by atoms with Crippen molar-refractivity contribution in [3.63, 3.8) is 0 Å². The first-order chi connectivity index (χ1) is 14.9. The lowest BCUT2D eigenvalue weighted by Gasteiger charge is -2.42. The van der Waals surface area contributed by atoms with E-state index in [-0.39, 0.29) is 5.60 Å². The number of fused-ring (bicyclic) bond motifs is 2. The van der Waals surface area contributed by atoms with Crippen LogP contribution in [0.15, 0.2) is 59.6 Å². The van der Waals surface area contributed by atoms with Gasteiger partial charge in [-0.2, -0.15) is 0 Å². The normalized spacial score (nSPS) is 20.9. The number of ether oxygens (including phenoxy) is 2. The number of aliphatic hydroxyl groups excluding tert-OH is 1. The summed E-state index contributed by atoms with van der Waals surface area (Å²) >= 11 is 0. The molecule has 31 heavy (non-hydrogen) atoms. The van der Waals surface area contributed by atoms with Gasteiger partial charge in [-0.3, -0.25) is 0 Å². The van der Waals surface area contributed by atoms with Gasteiger partial charge >= 0.3 is 0 Å². The minimum atomic E-state index is -0.813. The fourth-order valence-electron chi connectivity index (χ4n) is 4.67. The van der Waals surface area contributed by atoms with Crippen LogP contribution in [0.2, 0.25) is 0 Å². The van der Waals surface area contributed by atoms with E-state index in [1.54, 1.807) is 6.92 Å². The quantitative estimate of drug-likeness (QED) is 0.564. The maximum absolute atomic E-state index is 10.0. The van der Waals surface area contributed by atoms with Gasteiger partial charge in [-0.25, -0.2) is 4.99 Å². The third-order valence-corrected chi connectivity index (χ3v) is 6.66. The molecule has 0 radical (unpaired) electrons. The highest BCUT2D eigenvalue weighted by molar-refractivity contribution is 5.74. The van der Waals surface area contributed by atoms with Gasteiger partial charge in [0.1, 0.15) is 11.8 Å². The molecule has 5 nitrogen and oxygen atoms in total. The maximum atomic E-state index is 10.0. The van der Waals surface area contributed by atoms with Crippen LogP contribution in [-0.4, -0.2) is 40.9 Å². The number of hydrogen-bond donors (Lipinski definition) is 1. The molecule has 1 fully saturated rings. The Hall–Kier alpha value is -2.37. The molecule has 1 spiro atoms. The van der Waals surface area contributed by atoms with Crippen LogP contribution in [0.5, 0.6) is 0 Å². The minimum Gasteiger partial charge on any atom is -0.458 e. The van der Waals surface area contributed by atoms with E-state index in [1.807, 2.05) is 6.07 Å². The Morgan fingerprint density at radius 2 is 1.84 bits per heavy atom. The summed E-state index contributed by atoms with van der Waals surface area (Å²) in [6, 6.07) is 19.5. The van der Waals surface area contributed by atoms with Gasteiger partial charge in [0, 0.05) is 19.5 Å². The number of piperidine rings is 1. The average Bonchev–Trinajstić information content (AvgIpc) is 3.12. The van der Waals surface area contributed by atoms with Crippen molar-refractivity contribution in [1.29, 1.82) is 0 Å². The third-order valence-electron chi connectivity index (χ3n) is 6.66. The van der Waals surface area contributed by atoms with Crippen molar-refractivity contribution >= 4 is 6.02 Å². The standard InChI is InChI=1S/C26H34N2O3/c1-4-25(3,18-21-10-6-5-7-11-21)31-24(27-20(2)29)28-16-14-26(15-17-28)23-13-9-8-12-22(23)19-30-26/h5-13,20,29H,4,14-19H2,1-3H3. The maximum Gasteiger partial charge on any atom is 0.290 e. The zero-order valence-corrected chi connectivity index (χ0v) is 18.9. The summed E-state index contributed by atoms with van der Waals surface area (Å²) in [6.07, 6.45) is 2.58. The van der Waals surface area contributed by atoms with Crippen LogP contribution < -0.4 is 0 Å². The first kappa shape index (κ1) is 21.8. The molecule has 166 valence electrons. The molecule has 0 saturated carbocycles. The van der Waals surface area contributed by atoms with Crippen molar-refractivity contribution in [2.45, 2.75) is 70.5 Å². The van der Waals surface area contributed by atoms with Crippen LogP contribution in [0, 0.1) is 0 Å². The number of aliphatic hydroxyl groups is 1. The second-order valence-electron chi connectivity index (χ2n) is 9.04. The molecular weight excluding hydrogens is 388 g/mol. The summed E-state index contributed by atoms with van der Waals surface area (Å²) in [6.45, 7) is 8.19. The average molecular weight is 423 g/mol. The van der Waals surface area contributed by atoms with E-state index in [0.717, 1.165) is 38.8 Å². The number of likely N-dealkylation sites (tertiary alicyclic amines) is 1. The Morgan fingerprint density at radius 3 is 2.52 bits per heavy atom. The number of amidine groups is 1. The molecule has 2 heterocycles. The molecule has 2 atom stereocenters. The zero-order chi connectivity index (χ0) is 21.9. The van der Waals surface area contributed by atoms with Gasteiger partial charge in [-0.05, 0) is 49.8 Å². The van der Waals surface area contributed by atoms with E-state index in [4.69, 9.17) is 9.47 Å². The van der Waals surface area contributed by atoms with E-state index in [1.165, 1.54) is 16.7 Å². The highest BCUT2D eigenvalue weighted by atomic mass is 16.5. The van der Waals surface area contributed by atoms with Crippen molar-refractivity contribution < 1.29 is 14.6 Å². The number of nitrogens with zero attached hydrogens (tertiary/aromatic N) is 2. The molecular formula is C26H34N2O3. The molecule has 2 unspecified atom stereocenters. The summed E-state index contributed by atoms with van der Waals surface area (Å²) in [7, 11) is 0.